The van der Waals surface area contributed by atoms with E-state index in [0.717, 1.165) is 21.5 Å². The van der Waals surface area contributed by atoms with Gasteiger partial charge in [-0.05, 0) is 47.0 Å². The van der Waals surface area contributed by atoms with Crippen molar-refractivity contribution in [1.29, 1.82) is 0 Å². The summed E-state index contributed by atoms with van der Waals surface area (Å²) in [5.74, 6) is -0.0664. The van der Waals surface area contributed by atoms with Gasteiger partial charge in [0.25, 0.3) is 5.91 Å². The van der Waals surface area contributed by atoms with Crippen LogP contribution in [0.3, 0.4) is 0 Å². The molecule has 3 nitrogen and oxygen atoms in total. The standard InChI is InChI=1S/C13H12BrClN2OS/c14-12-4-3-10(19-12)6-16-13(18)11-5-8(15)7-17(11)9-1-2-9/h3-5,7,9H,1-2,6H2,(H,16,18). The summed E-state index contributed by atoms with van der Waals surface area (Å²) < 4.78 is 3.06. The van der Waals surface area contributed by atoms with Gasteiger partial charge in [0.2, 0.25) is 0 Å². The number of halogens is 2. The Morgan fingerprint density at radius 3 is 2.95 bits per heavy atom. The summed E-state index contributed by atoms with van der Waals surface area (Å²) in [6.45, 7) is 0.544. The van der Waals surface area contributed by atoms with Gasteiger partial charge in [-0.25, -0.2) is 0 Å². The summed E-state index contributed by atoms with van der Waals surface area (Å²) in [4.78, 5) is 13.3. The van der Waals surface area contributed by atoms with Crippen LogP contribution in [0.2, 0.25) is 5.02 Å². The summed E-state index contributed by atoms with van der Waals surface area (Å²) in [5.41, 5.74) is 0.656. The highest BCUT2D eigenvalue weighted by Gasteiger charge is 2.27. The minimum absolute atomic E-state index is 0.0664. The highest BCUT2D eigenvalue weighted by molar-refractivity contribution is 9.11. The number of hydrogen-bond donors (Lipinski definition) is 1. The molecule has 0 aromatic carbocycles. The predicted molar refractivity (Wildman–Crippen MR) is 80.9 cm³/mol. The molecule has 2 heterocycles. The van der Waals surface area contributed by atoms with E-state index in [9.17, 15) is 4.79 Å². The fraction of sp³-hybridized carbons (Fsp3) is 0.308. The Kier molecular flexibility index (Phi) is 3.69. The first-order chi connectivity index (χ1) is 9.13. The maximum absolute atomic E-state index is 12.2. The van der Waals surface area contributed by atoms with Crippen LogP contribution in [0.25, 0.3) is 0 Å². The molecule has 1 N–H and O–H groups in total. The van der Waals surface area contributed by atoms with Gasteiger partial charge in [-0.15, -0.1) is 11.3 Å². The van der Waals surface area contributed by atoms with Crippen molar-refractivity contribution >= 4 is 44.8 Å². The van der Waals surface area contributed by atoms with E-state index in [1.807, 2.05) is 22.9 Å². The molecule has 1 amide bonds. The number of carbonyl (C=O) groups is 1. The van der Waals surface area contributed by atoms with Crippen LogP contribution >= 0.6 is 38.9 Å². The third kappa shape index (κ3) is 3.04. The van der Waals surface area contributed by atoms with E-state index in [-0.39, 0.29) is 5.91 Å². The molecule has 0 spiro atoms. The lowest BCUT2D eigenvalue weighted by Gasteiger charge is -2.07. The van der Waals surface area contributed by atoms with Crippen molar-refractivity contribution in [2.45, 2.75) is 25.4 Å². The van der Waals surface area contributed by atoms with Crippen molar-refractivity contribution in [2.75, 3.05) is 0 Å². The lowest BCUT2D eigenvalue weighted by Crippen LogP contribution is -2.24. The van der Waals surface area contributed by atoms with Crippen LogP contribution in [0.4, 0.5) is 0 Å². The molecule has 100 valence electrons. The van der Waals surface area contributed by atoms with Crippen LogP contribution in [-0.4, -0.2) is 10.5 Å². The van der Waals surface area contributed by atoms with E-state index in [1.54, 1.807) is 17.4 Å². The van der Waals surface area contributed by atoms with E-state index < -0.39 is 0 Å². The Bertz CT molecular complexity index is 618. The number of amides is 1. The summed E-state index contributed by atoms with van der Waals surface area (Å²) in [7, 11) is 0. The topological polar surface area (TPSA) is 34.0 Å². The van der Waals surface area contributed by atoms with Crippen LogP contribution in [0.15, 0.2) is 28.2 Å². The first-order valence-corrected chi connectivity index (χ1v) is 8.02. The van der Waals surface area contributed by atoms with Gasteiger partial charge in [-0.3, -0.25) is 4.79 Å². The molecule has 1 fully saturated rings. The normalized spacial score (nSPS) is 14.6. The fourth-order valence-electron chi connectivity index (χ4n) is 1.99. The zero-order chi connectivity index (χ0) is 13.4. The number of nitrogens with one attached hydrogen (secondary N) is 1. The molecule has 3 rings (SSSR count). The Balaban J connectivity index is 1.70. The largest absolute Gasteiger partial charge is 0.346 e. The van der Waals surface area contributed by atoms with Gasteiger partial charge in [-0.2, -0.15) is 0 Å². The average Bonchev–Trinajstić information content (AvgIpc) is 3.03. The molecule has 0 atom stereocenters. The maximum atomic E-state index is 12.2. The Labute approximate surface area is 128 Å². The third-order valence-corrected chi connectivity index (χ3v) is 4.87. The minimum atomic E-state index is -0.0664. The molecule has 0 unspecified atom stereocenters. The lowest BCUT2D eigenvalue weighted by molar-refractivity contribution is 0.0942. The Hall–Kier alpha value is -0.780. The molecule has 1 aliphatic rings. The van der Waals surface area contributed by atoms with Crippen LogP contribution in [0.5, 0.6) is 0 Å². The number of thiophene rings is 1. The number of aromatic nitrogens is 1. The van der Waals surface area contributed by atoms with Gasteiger partial charge in [0.15, 0.2) is 0 Å². The van der Waals surface area contributed by atoms with E-state index in [4.69, 9.17) is 11.6 Å². The molecule has 19 heavy (non-hydrogen) atoms. The van der Waals surface area contributed by atoms with Gasteiger partial charge >= 0.3 is 0 Å². The van der Waals surface area contributed by atoms with Crippen molar-refractivity contribution < 1.29 is 4.79 Å². The van der Waals surface area contributed by atoms with E-state index >= 15 is 0 Å². The lowest BCUT2D eigenvalue weighted by atomic mass is 10.3. The van der Waals surface area contributed by atoms with Crippen molar-refractivity contribution in [3.63, 3.8) is 0 Å². The number of carbonyl (C=O) groups excluding carboxylic acids is 1. The van der Waals surface area contributed by atoms with Crippen LogP contribution < -0.4 is 5.32 Å². The molecule has 0 aliphatic heterocycles. The second-order valence-electron chi connectivity index (χ2n) is 4.57. The van der Waals surface area contributed by atoms with E-state index in [1.165, 1.54) is 0 Å². The van der Waals surface area contributed by atoms with Crippen molar-refractivity contribution in [1.82, 2.24) is 9.88 Å². The second kappa shape index (κ2) is 5.31. The first-order valence-electron chi connectivity index (χ1n) is 6.03. The van der Waals surface area contributed by atoms with Gasteiger partial charge in [-0.1, -0.05) is 11.6 Å². The molecule has 2 aromatic rings. The highest BCUT2D eigenvalue weighted by Crippen LogP contribution is 2.37. The number of hydrogen-bond acceptors (Lipinski definition) is 2. The second-order valence-corrected chi connectivity index (χ2v) is 7.55. The molecule has 6 heteroatoms. The summed E-state index contributed by atoms with van der Waals surface area (Å²) in [5, 5.41) is 3.56. The molecular formula is C13H12BrClN2OS. The molecule has 0 radical (unpaired) electrons. The van der Waals surface area contributed by atoms with Gasteiger partial charge in [0.1, 0.15) is 5.69 Å². The zero-order valence-electron chi connectivity index (χ0n) is 10.0. The number of rotatable bonds is 4. The third-order valence-electron chi connectivity index (χ3n) is 3.04. The molecule has 1 saturated carbocycles. The Morgan fingerprint density at radius 2 is 2.32 bits per heavy atom. The monoisotopic (exact) mass is 358 g/mol. The van der Waals surface area contributed by atoms with Gasteiger partial charge < -0.3 is 9.88 Å². The van der Waals surface area contributed by atoms with Crippen LogP contribution in [0, 0.1) is 0 Å². The van der Waals surface area contributed by atoms with Gasteiger partial charge in [0, 0.05) is 17.1 Å². The SMILES string of the molecule is O=C(NCc1ccc(Br)s1)c1cc(Cl)cn1C1CC1. The predicted octanol–water partition coefficient (Wildman–Crippen LogP) is 4.23. The van der Waals surface area contributed by atoms with Crippen molar-refractivity contribution in [3.8, 4) is 0 Å². The van der Waals surface area contributed by atoms with E-state index in [2.05, 4.69) is 21.2 Å². The van der Waals surface area contributed by atoms with Crippen molar-refractivity contribution in [3.05, 3.63) is 43.8 Å². The quantitative estimate of drug-likeness (QED) is 0.871. The number of nitrogens with zero attached hydrogens (tertiary/aromatic N) is 1. The van der Waals surface area contributed by atoms with E-state index in [0.29, 0.717) is 23.3 Å². The average molecular weight is 360 g/mol. The summed E-state index contributed by atoms with van der Waals surface area (Å²) >= 11 is 11.0. The molecular weight excluding hydrogens is 348 g/mol. The summed E-state index contributed by atoms with van der Waals surface area (Å²) in [6.07, 6.45) is 4.10. The smallest absolute Gasteiger partial charge is 0.268 e. The van der Waals surface area contributed by atoms with Crippen LogP contribution in [0.1, 0.15) is 34.2 Å². The molecule has 1 aliphatic carbocycles. The summed E-state index contributed by atoms with van der Waals surface area (Å²) in [6, 6.07) is 6.17. The van der Waals surface area contributed by atoms with Crippen LogP contribution in [-0.2, 0) is 6.54 Å². The minimum Gasteiger partial charge on any atom is -0.346 e. The van der Waals surface area contributed by atoms with Gasteiger partial charge in [0.05, 0.1) is 15.4 Å². The molecule has 0 bridgehead atoms. The first kappa shape index (κ1) is 13.2. The Morgan fingerprint density at radius 1 is 1.53 bits per heavy atom. The maximum Gasteiger partial charge on any atom is 0.268 e. The zero-order valence-corrected chi connectivity index (χ0v) is 13.2. The molecule has 2 aromatic heterocycles. The van der Waals surface area contributed by atoms with Crippen molar-refractivity contribution in [2.24, 2.45) is 0 Å². The fourth-order valence-corrected chi connectivity index (χ4v) is 3.62. The molecule has 0 saturated heterocycles. The highest BCUT2D eigenvalue weighted by atomic mass is 79.9.